The number of ether oxygens (including phenoxy) is 2. The van der Waals surface area contributed by atoms with Crippen molar-refractivity contribution in [3.63, 3.8) is 0 Å². The van der Waals surface area contributed by atoms with E-state index in [4.69, 9.17) is 9.47 Å². The second kappa shape index (κ2) is 8.62. The van der Waals surface area contributed by atoms with Crippen LogP contribution in [0.3, 0.4) is 0 Å². The van der Waals surface area contributed by atoms with E-state index in [0.717, 1.165) is 30.8 Å². The minimum Gasteiger partial charge on any atom is -0.487 e. The number of carbonyl (C=O) groups is 1. The van der Waals surface area contributed by atoms with E-state index < -0.39 is 0 Å². The third-order valence-electron chi connectivity index (χ3n) is 4.28. The number of likely N-dealkylation sites (tertiary alicyclic amines) is 1. The molecule has 1 aromatic heterocycles. The van der Waals surface area contributed by atoms with Crippen LogP contribution < -0.4 is 4.74 Å². The summed E-state index contributed by atoms with van der Waals surface area (Å²) in [5, 5.41) is 0. The third-order valence-corrected chi connectivity index (χ3v) is 4.28. The van der Waals surface area contributed by atoms with Crippen LogP contribution >= 0.6 is 0 Å². The third kappa shape index (κ3) is 4.79. The maximum absolute atomic E-state index is 12.7. The summed E-state index contributed by atoms with van der Waals surface area (Å²) in [6, 6.07) is 13.0. The number of aromatic nitrogens is 1. The van der Waals surface area contributed by atoms with E-state index in [9.17, 15) is 4.79 Å². The van der Waals surface area contributed by atoms with Crippen molar-refractivity contribution in [3.05, 3.63) is 59.9 Å². The van der Waals surface area contributed by atoms with Gasteiger partial charge in [-0.2, -0.15) is 0 Å². The summed E-state index contributed by atoms with van der Waals surface area (Å²) < 4.78 is 11.4. The Kier molecular flexibility index (Phi) is 6.01. The van der Waals surface area contributed by atoms with Crippen LogP contribution in [0, 0.1) is 0 Å². The van der Waals surface area contributed by atoms with Crippen molar-refractivity contribution in [1.29, 1.82) is 0 Å². The van der Waals surface area contributed by atoms with Gasteiger partial charge < -0.3 is 14.4 Å². The molecule has 0 aliphatic carbocycles. The van der Waals surface area contributed by atoms with E-state index in [1.165, 1.54) is 0 Å². The first-order valence-corrected chi connectivity index (χ1v) is 8.80. The summed E-state index contributed by atoms with van der Waals surface area (Å²) in [4.78, 5) is 18.8. The number of piperidine rings is 1. The SMILES string of the molecule is CCOC1CCCN(C(=O)c2ccc(OCc3ccccn3)cc2)C1. The van der Waals surface area contributed by atoms with Crippen molar-refractivity contribution in [2.45, 2.75) is 32.5 Å². The molecule has 0 N–H and O–H groups in total. The van der Waals surface area contributed by atoms with Gasteiger partial charge in [0, 0.05) is 31.5 Å². The van der Waals surface area contributed by atoms with Crippen LogP contribution in [0.1, 0.15) is 35.8 Å². The van der Waals surface area contributed by atoms with E-state index in [1.54, 1.807) is 6.20 Å². The van der Waals surface area contributed by atoms with Gasteiger partial charge in [0.1, 0.15) is 12.4 Å². The monoisotopic (exact) mass is 340 g/mol. The van der Waals surface area contributed by atoms with Crippen molar-refractivity contribution in [3.8, 4) is 5.75 Å². The lowest BCUT2D eigenvalue weighted by atomic mass is 10.1. The Labute approximate surface area is 148 Å². The molecule has 1 unspecified atom stereocenters. The molecule has 25 heavy (non-hydrogen) atoms. The molecule has 0 spiro atoms. The maximum Gasteiger partial charge on any atom is 0.253 e. The van der Waals surface area contributed by atoms with Gasteiger partial charge in [-0.05, 0) is 56.2 Å². The second-order valence-electron chi connectivity index (χ2n) is 6.10. The quantitative estimate of drug-likeness (QED) is 0.810. The summed E-state index contributed by atoms with van der Waals surface area (Å²) in [6.45, 7) is 4.56. The Morgan fingerprint density at radius 2 is 2.08 bits per heavy atom. The summed E-state index contributed by atoms with van der Waals surface area (Å²) in [7, 11) is 0. The molecule has 1 fully saturated rings. The standard InChI is InChI=1S/C20H24N2O3/c1-2-24-19-7-5-13-22(14-19)20(23)16-8-10-18(11-9-16)25-15-17-6-3-4-12-21-17/h3-4,6,8-12,19H,2,5,7,13-15H2,1H3. The van der Waals surface area contributed by atoms with Crippen LogP contribution in [0.15, 0.2) is 48.7 Å². The molecule has 3 rings (SSSR count). The number of nitrogens with zero attached hydrogens (tertiary/aromatic N) is 2. The lowest BCUT2D eigenvalue weighted by molar-refractivity contribution is 0.00724. The molecule has 2 heterocycles. The molecule has 1 saturated heterocycles. The van der Waals surface area contributed by atoms with Gasteiger partial charge in [0.2, 0.25) is 0 Å². The number of rotatable bonds is 6. The minimum atomic E-state index is 0.0562. The first-order valence-electron chi connectivity index (χ1n) is 8.80. The largest absolute Gasteiger partial charge is 0.487 e. The van der Waals surface area contributed by atoms with Crippen LogP contribution in [-0.4, -0.2) is 41.6 Å². The number of pyridine rings is 1. The number of amides is 1. The van der Waals surface area contributed by atoms with Crippen molar-refractivity contribution >= 4 is 5.91 Å². The van der Waals surface area contributed by atoms with Gasteiger partial charge in [0.15, 0.2) is 0 Å². The van der Waals surface area contributed by atoms with E-state index >= 15 is 0 Å². The fourth-order valence-corrected chi connectivity index (χ4v) is 3.01. The molecule has 2 aromatic rings. The molecule has 5 nitrogen and oxygen atoms in total. The Balaban J connectivity index is 1.57. The first kappa shape index (κ1) is 17.4. The summed E-state index contributed by atoms with van der Waals surface area (Å²) >= 11 is 0. The van der Waals surface area contributed by atoms with Crippen LogP contribution in [-0.2, 0) is 11.3 Å². The van der Waals surface area contributed by atoms with Gasteiger partial charge in [-0.1, -0.05) is 6.07 Å². The van der Waals surface area contributed by atoms with Crippen molar-refractivity contribution in [2.75, 3.05) is 19.7 Å². The zero-order valence-electron chi connectivity index (χ0n) is 14.6. The molecule has 132 valence electrons. The second-order valence-corrected chi connectivity index (χ2v) is 6.10. The van der Waals surface area contributed by atoms with E-state index in [0.29, 0.717) is 25.3 Å². The van der Waals surface area contributed by atoms with Gasteiger partial charge >= 0.3 is 0 Å². The Hall–Kier alpha value is -2.40. The van der Waals surface area contributed by atoms with E-state index in [2.05, 4.69) is 4.98 Å². The highest BCUT2D eigenvalue weighted by Gasteiger charge is 2.24. The van der Waals surface area contributed by atoms with Gasteiger partial charge in [0.05, 0.1) is 11.8 Å². The summed E-state index contributed by atoms with van der Waals surface area (Å²) in [5.74, 6) is 0.786. The molecule has 1 atom stereocenters. The zero-order valence-corrected chi connectivity index (χ0v) is 14.6. The molecule has 0 bridgehead atoms. The van der Waals surface area contributed by atoms with Crippen molar-refractivity contribution in [1.82, 2.24) is 9.88 Å². The predicted molar refractivity (Wildman–Crippen MR) is 95.6 cm³/mol. The highest BCUT2D eigenvalue weighted by atomic mass is 16.5. The Morgan fingerprint density at radius 3 is 2.80 bits per heavy atom. The van der Waals surface area contributed by atoms with Gasteiger partial charge in [-0.3, -0.25) is 9.78 Å². The topological polar surface area (TPSA) is 51.7 Å². The van der Waals surface area contributed by atoms with Crippen LogP contribution in [0.4, 0.5) is 0 Å². The highest BCUT2D eigenvalue weighted by Crippen LogP contribution is 2.19. The van der Waals surface area contributed by atoms with Gasteiger partial charge in [-0.25, -0.2) is 0 Å². The van der Waals surface area contributed by atoms with Crippen LogP contribution in [0.2, 0.25) is 0 Å². The fourth-order valence-electron chi connectivity index (χ4n) is 3.01. The van der Waals surface area contributed by atoms with Gasteiger partial charge in [-0.15, -0.1) is 0 Å². The molecule has 1 aliphatic heterocycles. The number of hydrogen-bond acceptors (Lipinski definition) is 4. The van der Waals surface area contributed by atoms with E-state index in [1.807, 2.05) is 54.3 Å². The normalized spacial score (nSPS) is 17.3. The fraction of sp³-hybridized carbons (Fsp3) is 0.400. The molecular formula is C20H24N2O3. The minimum absolute atomic E-state index is 0.0562. The lowest BCUT2D eigenvalue weighted by Gasteiger charge is -2.32. The smallest absolute Gasteiger partial charge is 0.253 e. The summed E-state index contributed by atoms with van der Waals surface area (Å²) in [5.41, 5.74) is 1.56. The Morgan fingerprint density at radius 1 is 1.24 bits per heavy atom. The lowest BCUT2D eigenvalue weighted by Crippen LogP contribution is -2.43. The first-order chi connectivity index (χ1) is 12.3. The maximum atomic E-state index is 12.7. The number of hydrogen-bond donors (Lipinski definition) is 0. The summed E-state index contributed by atoms with van der Waals surface area (Å²) in [6.07, 6.45) is 3.91. The van der Waals surface area contributed by atoms with Crippen molar-refractivity contribution in [2.24, 2.45) is 0 Å². The molecule has 1 amide bonds. The predicted octanol–water partition coefficient (Wildman–Crippen LogP) is 3.30. The van der Waals surface area contributed by atoms with E-state index in [-0.39, 0.29) is 12.0 Å². The molecule has 0 saturated carbocycles. The van der Waals surface area contributed by atoms with Crippen LogP contribution in [0.25, 0.3) is 0 Å². The van der Waals surface area contributed by atoms with Crippen LogP contribution in [0.5, 0.6) is 5.75 Å². The molecule has 0 radical (unpaired) electrons. The Bertz CT molecular complexity index is 671. The van der Waals surface area contributed by atoms with Gasteiger partial charge in [0.25, 0.3) is 5.91 Å². The average molecular weight is 340 g/mol. The molecule has 5 heteroatoms. The molecule has 1 aromatic carbocycles. The average Bonchev–Trinajstić information content (AvgIpc) is 2.67. The molecule has 1 aliphatic rings. The van der Waals surface area contributed by atoms with Crippen molar-refractivity contribution < 1.29 is 14.3 Å². The number of carbonyl (C=O) groups excluding carboxylic acids is 1. The highest BCUT2D eigenvalue weighted by molar-refractivity contribution is 5.94. The number of benzene rings is 1. The zero-order chi connectivity index (χ0) is 17.5. The molecular weight excluding hydrogens is 316 g/mol.